The number of aromatic nitrogens is 2. The molecule has 2 N–H and O–H groups in total. The van der Waals surface area contributed by atoms with Crippen molar-refractivity contribution in [3.63, 3.8) is 0 Å². The molecule has 7 heteroatoms. The third-order valence-electron chi connectivity index (χ3n) is 3.15. The van der Waals surface area contributed by atoms with Gasteiger partial charge in [0, 0.05) is 5.02 Å². The summed E-state index contributed by atoms with van der Waals surface area (Å²) in [5.41, 5.74) is 0.132. The Morgan fingerprint density at radius 3 is 2.90 bits per heavy atom. The Labute approximate surface area is 125 Å². The third kappa shape index (κ3) is 2.92. The summed E-state index contributed by atoms with van der Waals surface area (Å²) in [5, 5.41) is 10.5. The Hall–Kier alpha value is -1.89. The highest BCUT2D eigenvalue weighted by atomic mass is 35.5. The molecule has 1 aromatic heterocycles. The summed E-state index contributed by atoms with van der Waals surface area (Å²) >= 11 is 5.90. The molecule has 0 aliphatic carbocycles. The van der Waals surface area contributed by atoms with Gasteiger partial charge in [0.05, 0.1) is 19.8 Å². The van der Waals surface area contributed by atoms with Gasteiger partial charge in [-0.2, -0.15) is 4.98 Å². The van der Waals surface area contributed by atoms with Crippen molar-refractivity contribution < 1.29 is 14.6 Å². The van der Waals surface area contributed by atoms with Crippen LogP contribution < -0.4 is 5.56 Å². The Kier molecular flexibility index (Phi) is 3.92. The van der Waals surface area contributed by atoms with E-state index in [-0.39, 0.29) is 17.3 Å². The van der Waals surface area contributed by atoms with Gasteiger partial charge in [-0.3, -0.25) is 4.79 Å². The van der Waals surface area contributed by atoms with Crippen LogP contribution in [-0.4, -0.2) is 34.9 Å². The van der Waals surface area contributed by atoms with E-state index in [0.717, 1.165) is 0 Å². The molecule has 1 saturated heterocycles. The number of aromatic hydroxyl groups is 1. The fourth-order valence-electron chi connectivity index (χ4n) is 2.18. The number of benzene rings is 1. The minimum absolute atomic E-state index is 0.0815. The van der Waals surface area contributed by atoms with Gasteiger partial charge in [0.25, 0.3) is 5.56 Å². The Balaban J connectivity index is 2.02. The molecule has 1 fully saturated rings. The first-order chi connectivity index (χ1) is 10.1. The summed E-state index contributed by atoms with van der Waals surface area (Å²) in [6, 6.07) is 6.65. The molecule has 3 rings (SSSR count). The number of H-pyrrole nitrogens is 1. The highest BCUT2D eigenvalue weighted by molar-refractivity contribution is 6.30. The van der Waals surface area contributed by atoms with Gasteiger partial charge in [0.2, 0.25) is 5.88 Å². The van der Waals surface area contributed by atoms with Crippen molar-refractivity contribution in [2.45, 2.75) is 6.10 Å². The molecule has 1 unspecified atom stereocenters. The minimum Gasteiger partial charge on any atom is -0.493 e. The van der Waals surface area contributed by atoms with E-state index in [4.69, 9.17) is 21.1 Å². The van der Waals surface area contributed by atoms with Gasteiger partial charge in [-0.05, 0) is 17.7 Å². The maximum absolute atomic E-state index is 12.2. The van der Waals surface area contributed by atoms with Gasteiger partial charge in [0.15, 0.2) is 0 Å². The first-order valence-electron chi connectivity index (χ1n) is 6.43. The van der Waals surface area contributed by atoms with Crippen LogP contribution in [0, 0.1) is 0 Å². The molecule has 6 nitrogen and oxygen atoms in total. The van der Waals surface area contributed by atoms with Crippen LogP contribution in [0.25, 0.3) is 11.1 Å². The third-order valence-corrected chi connectivity index (χ3v) is 3.39. The number of rotatable bonds is 2. The van der Waals surface area contributed by atoms with Gasteiger partial charge >= 0.3 is 0 Å². The lowest BCUT2D eigenvalue weighted by molar-refractivity contribution is -0.0937. The van der Waals surface area contributed by atoms with Crippen LogP contribution in [0.2, 0.25) is 5.02 Å². The van der Waals surface area contributed by atoms with E-state index in [2.05, 4.69) is 9.97 Å². The molecule has 21 heavy (non-hydrogen) atoms. The topological polar surface area (TPSA) is 84.4 Å². The van der Waals surface area contributed by atoms with Crippen molar-refractivity contribution in [3.8, 4) is 17.0 Å². The van der Waals surface area contributed by atoms with Crippen molar-refractivity contribution >= 4 is 11.6 Å². The summed E-state index contributed by atoms with van der Waals surface area (Å²) in [6.45, 7) is 1.22. The molecule has 2 heterocycles. The molecule has 0 radical (unpaired) electrons. The van der Waals surface area contributed by atoms with Gasteiger partial charge in [-0.15, -0.1) is 0 Å². The molecule has 0 spiro atoms. The second kappa shape index (κ2) is 5.85. The fraction of sp³-hybridized carbons (Fsp3) is 0.286. The highest BCUT2D eigenvalue weighted by Gasteiger charge is 2.22. The van der Waals surface area contributed by atoms with Crippen LogP contribution in [0.3, 0.4) is 0 Å². The lowest BCUT2D eigenvalue weighted by atomic mass is 10.1. The molecular weight excluding hydrogens is 296 g/mol. The van der Waals surface area contributed by atoms with Crippen LogP contribution in [0.5, 0.6) is 5.88 Å². The summed E-state index contributed by atoms with van der Waals surface area (Å²) in [7, 11) is 0. The van der Waals surface area contributed by atoms with Crippen LogP contribution >= 0.6 is 11.6 Å². The molecule has 0 amide bonds. The summed E-state index contributed by atoms with van der Waals surface area (Å²) in [6.07, 6.45) is -0.481. The quantitative estimate of drug-likeness (QED) is 0.885. The van der Waals surface area contributed by atoms with Crippen molar-refractivity contribution in [3.05, 3.63) is 45.5 Å². The average Bonchev–Trinajstić information content (AvgIpc) is 2.47. The number of nitrogens with one attached hydrogen (secondary N) is 1. The zero-order valence-electron chi connectivity index (χ0n) is 11.0. The zero-order valence-corrected chi connectivity index (χ0v) is 11.8. The van der Waals surface area contributed by atoms with Gasteiger partial charge in [0.1, 0.15) is 17.5 Å². The molecule has 110 valence electrons. The molecule has 1 aromatic carbocycles. The predicted octanol–water partition coefficient (Wildman–Crippen LogP) is 1.88. The van der Waals surface area contributed by atoms with Crippen LogP contribution in [0.4, 0.5) is 0 Å². The Morgan fingerprint density at radius 1 is 1.38 bits per heavy atom. The SMILES string of the molecule is O=c1[nH]c(C2COCCO2)nc(O)c1-c1cccc(Cl)c1. The van der Waals surface area contributed by atoms with Crippen LogP contribution in [0.15, 0.2) is 29.1 Å². The van der Waals surface area contributed by atoms with Gasteiger partial charge in [-0.25, -0.2) is 0 Å². The molecular formula is C14H13ClN2O4. The number of halogens is 1. The van der Waals surface area contributed by atoms with E-state index in [1.165, 1.54) is 0 Å². The van der Waals surface area contributed by atoms with E-state index >= 15 is 0 Å². The fourth-order valence-corrected chi connectivity index (χ4v) is 2.37. The Bertz CT molecular complexity index is 710. The van der Waals surface area contributed by atoms with E-state index in [9.17, 15) is 9.90 Å². The monoisotopic (exact) mass is 308 g/mol. The zero-order chi connectivity index (χ0) is 14.8. The molecule has 0 bridgehead atoms. The van der Waals surface area contributed by atoms with Crippen LogP contribution in [-0.2, 0) is 9.47 Å². The van der Waals surface area contributed by atoms with E-state index in [0.29, 0.717) is 30.4 Å². The molecule has 1 atom stereocenters. The maximum Gasteiger partial charge on any atom is 0.262 e. The first-order valence-corrected chi connectivity index (χ1v) is 6.81. The van der Waals surface area contributed by atoms with Crippen molar-refractivity contribution in [1.82, 2.24) is 9.97 Å². The normalized spacial score (nSPS) is 18.6. The van der Waals surface area contributed by atoms with Crippen molar-refractivity contribution in [2.75, 3.05) is 19.8 Å². The highest BCUT2D eigenvalue weighted by Crippen LogP contribution is 2.27. The van der Waals surface area contributed by atoms with E-state index in [1.807, 2.05) is 0 Å². The molecule has 2 aromatic rings. The number of ether oxygens (including phenoxy) is 2. The average molecular weight is 309 g/mol. The summed E-state index contributed by atoms with van der Waals surface area (Å²) < 4.78 is 10.7. The standard InChI is InChI=1S/C14H13ClN2O4/c15-9-3-1-2-8(6-9)11-13(18)16-12(17-14(11)19)10-7-20-4-5-21-10/h1-3,6,10H,4-5,7H2,(H2,16,17,18,19). The largest absolute Gasteiger partial charge is 0.493 e. The number of nitrogens with zero attached hydrogens (tertiary/aromatic N) is 1. The number of aromatic amines is 1. The lowest BCUT2D eigenvalue weighted by Gasteiger charge is -2.22. The first kappa shape index (κ1) is 14.1. The van der Waals surface area contributed by atoms with E-state index in [1.54, 1.807) is 24.3 Å². The molecule has 1 aliphatic heterocycles. The van der Waals surface area contributed by atoms with Crippen LogP contribution in [0.1, 0.15) is 11.9 Å². The predicted molar refractivity (Wildman–Crippen MR) is 76.5 cm³/mol. The maximum atomic E-state index is 12.2. The van der Waals surface area contributed by atoms with E-state index < -0.39 is 11.7 Å². The Morgan fingerprint density at radius 2 is 2.24 bits per heavy atom. The molecule has 1 aliphatic rings. The second-order valence-electron chi connectivity index (χ2n) is 4.59. The number of hydrogen-bond donors (Lipinski definition) is 2. The second-order valence-corrected chi connectivity index (χ2v) is 5.03. The molecule has 0 saturated carbocycles. The lowest BCUT2D eigenvalue weighted by Crippen LogP contribution is -2.26. The summed E-state index contributed by atoms with van der Waals surface area (Å²) in [4.78, 5) is 18.9. The smallest absolute Gasteiger partial charge is 0.262 e. The van der Waals surface area contributed by atoms with Gasteiger partial charge < -0.3 is 19.6 Å². The van der Waals surface area contributed by atoms with Crippen molar-refractivity contribution in [2.24, 2.45) is 0 Å². The number of hydrogen-bond acceptors (Lipinski definition) is 5. The van der Waals surface area contributed by atoms with Crippen molar-refractivity contribution in [1.29, 1.82) is 0 Å². The minimum atomic E-state index is -0.481. The van der Waals surface area contributed by atoms with Gasteiger partial charge in [-0.1, -0.05) is 23.7 Å². The summed E-state index contributed by atoms with van der Waals surface area (Å²) in [5.74, 6) is -0.104.